The van der Waals surface area contributed by atoms with Gasteiger partial charge in [0.1, 0.15) is 6.61 Å². The van der Waals surface area contributed by atoms with Gasteiger partial charge in [0.15, 0.2) is 5.13 Å². The highest BCUT2D eigenvalue weighted by Gasteiger charge is 2.08. The molecule has 1 N–H and O–H groups in total. The predicted molar refractivity (Wildman–Crippen MR) is 85.8 cm³/mol. The molecule has 0 aliphatic carbocycles. The maximum Gasteiger partial charge on any atom is 0.252 e. The van der Waals surface area contributed by atoms with E-state index in [1.165, 1.54) is 36.2 Å². The van der Waals surface area contributed by atoms with Gasteiger partial charge in [0.05, 0.1) is 10.2 Å². The predicted octanol–water partition coefficient (Wildman–Crippen LogP) is 3.77. The van der Waals surface area contributed by atoms with Crippen molar-refractivity contribution in [1.29, 1.82) is 0 Å². The van der Waals surface area contributed by atoms with Crippen LogP contribution >= 0.6 is 23.1 Å². The van der Waals surface area contributed by atoms with Crippen molar-refractivity contribution in [2.24, 2.45) is 0 Å². The number of ether oxygens (including phenoxy) is 1. The minimum atomic E-state index is -0.177. The van der Waals surface area contributed by atoms with Crippen LogP contribution in [0.4, 0.5) is 5.13 Å². The van der Waals surface area contributed by atoms with Crippen molar-refractivity contribution < 1.29 is 9.53 Å². The second-order valence-electron chi connectivity index (χ2n) is 4.33. The fourth-order valence-electron chi connectivity index (χ4n) is 1.67. The molecule has 2 rings (SSSR count). The number of thiazole rings is 1. The van der Waals surface area contributed by atoms with Crippen molar-refractivity contribution >= 4 is 44.4 Å². The Morgan fingerprint density at radius 3 is 3.10 bits per heavy atom. The van der Waals surface area contributed by atoms with Gasteiger partial charge in [-0.15, -0.1) is 11.8 Å². The van der Waals surface area contributed by atoms with E-state index in [0.717, 1.165) is 16.0 Å². The molecular formula is C14H18N2O2S2. The number of unbranched alkanes of at least 4 members (excludes halogenated alkanes) is 1. The van der Waals surface area contributed by atoms with E-state index >= 15 is 0 Å². The second-order valence-corrected chi connectivity index (χ2v) is 6.53. The van der Waals surface area contributed by atoms with Gasteiger partial charge in [-0.1, -0.05) is 24.7 Å². The molecule has 0 radical (unpaired) electrons. The molecule has 0 fully saturated rings. The fraction of sp³-hybridized carbons (Fsp3) is 0.429. The van der Waals surface area contributed by atoms with Gasteiger partial charge in [-0.3, -0.25) is 10.1 Å². The van der Waals surface area contributed by atoms with Gasteiger partial charge in [-0.2, -0.15) is 0 Å². The Labute approximate surface area is 126 Å². The van der Waals surface area contributed by atoms with Crippen LogP contribution in [0.5, 0.6) is 0 Å². The lowest BCUT2D eigenvalue weighted by atomic mass is 10.3. The number of aromatic nitrogens is 1. The maximum atomic E-state index is 11.5. The summed E-state index contributed by atoms with van der Waals surface area (Å²) in [6, 6.07) is 6.23. The van der Waals surface area contributed by atoms with Crippen molar-refractivity contribution in [2.75, 3.05) is 24.8 Å². The van der Waals surface area contributed by atoms with Crippen LogP contribution in [0, 0.1) is 0 Å². The Kier molecular flexibility index (Phi) is 5.82. The van der Waals surface area contributed by atoms with Crippen molar-refractivity contribution in [3.05, 3.63) is 18.2 Å². The zero-order valence-electron chi connectivity index (χ0n) is 11.6. The number of methoxy groups -OCH3 is 1. The van der Waals surface area contributed by atoms with Gasteiger partial charge < -0.3 is 4.74 Å². The zero-order valence-corrected chi connectivity index (χ0v) is 13.3. The summed E-state index contributed by atoms with van der Waals surface area (Å²) in [5.74, 6) is 0.960. The number of anilines is 1. The van der Waals surface area contributed by atoms with Crippen molar-refractivity contribution in [2.45, 2.75) is 24.7 Å². The molecule has 0 unspecified atom stereocenters. The number of amides is 1. The van der Waals surface area contributed by atoms with E-state index < -0.39 is 0 Å². The average molecular weight is 310 g/mol. The zero-order chi connectivity index (χ0) is 14.4. The van der Waals surface area contributed by atoms with Crippen LogP contribution in [0.25, 0.3) is 10.2 Å². The smallest absolute Gasteiger partial charge is 0.252 e. The van der Waals surface area contributed by atoms with Crippen LogP contribution in [0.3, 0.4) is 0 Å². The molecule has 0 aliphatic heterocycles. The summed E-state index contributed by atoms with van der Waals surface area (Å²) >= 11 is 3.36. The molecule has 1 aromatic carbocycles. The molecule has 0 aliphatic rings. The number of thioether (sulfide) groups is 1. The van der Waals surface area contributed by atoms with E-state index in [-0.39, 0.29) is 12.5 Å². The first-order valence-corrected chi connectivity index (χ1v) is 8.35. The lowest BCUT2D eigenvalue weighted by molar-refractivity contribution is -0.119. The Morgan fingerprint density at radius 2 is 2.35 bits per heavy atom. The highest BCUT2D eigenvalue weighted by Crippen LogP contribution is 2.30. The molecule has 1 heterocycles. The van der Waals surface area contributed by atoms with E-state index in [1.54, 1.807) is 0 Å². The van der Waals surface area contributed by atoms with Gasteiger partial charge in [-0.25, -0.2) is 4.98 Å². The summed E-state index contributed by atoms with van der Waals surface area (Å²) in [6.45, 7) is 2.25. The van der Waals surface area contributed by atoms with Gasteiger partial charge in [-0.05, 0) is 30.4 Å². The molecule has 2 aromatic rings. The van der Waals surface area contributed by atoms with E-state index in [9.17, 15) is 4.79 Å². The monoisotopic (exact) mass is 310 g/mol. The van der Waals surface area contributed by atoms with E-state index in [4.69, 9.17) is 4.74 Å². The number of carbonyl (C=O) groups is 1. The van der Waals surface area contributed by atoms with E-state index in [2.05, 4.69) is 29.4 Å². The SMILES string of the molecule is CCCCSc1ccc2nc(NC(=O)COC)sc2c1. The van der Waals surface area contributed by atoms with Crippen molar-refractivity contribution in [3.8, 4) is 0 Å². The summed E-state index contributed by atoms with van der Waals surface area (Å²) in [6.07, 6.45) is 2.44. The number of carbonyl (C=O) groups excluding carboxylic acids is 1. The Hall–Kier alpha value is -1.11. The summed E-state index contributed by atoms with van der Waals surface area (Å²) in [5, 5.41) is 3.36. The van der Waals surface area contributed by atoms with E-state index in [1.807, 2.05) is 17.8 Å². The van der Waals surface area contributed by atoms with Crippen LogP contribution in [0.15, 0.2) is 23.1 Å². The average Bonchev–Trinajstić information content (AvgIpc) is 2.80. The third-order valence-electron chi connectivity index (χ3n) is 2.65. The number of nitrogens with one attached hydrogen (secondary N) is 1. The molecular weight excluding hydrogens is 292 g/mol. The summed E-state index contributed by atoms with van der Waals surface area (Å²) in [7, 11) is 1.50. The van der Waals surface area contributed by atoms with Crippen LogP contribution in [0.2, 0.25) is 0 Å². The summed E-state index contributed by atoms with van der Waals surface area (Å²) < 4.78 is 5.88. The second kappa shape index (κ2) is 7.61. The Balaban J connectivity index is 2.07. The lowest BCUT2D eigenvalue weighted by Gasteiger charge is -1.99. The Morgan fingerprint density at radius 1 is 1.50 bits per heavy atom. The molecule has 1 aromatic heterocycles. The normalized spacial score (nSPS) is 10.9. The fourth-order valence-corrected chi connectivity index (χ4v) is 3.70. The number of benzene rings is 1. The van der Waals surface area contributed by atoms with Crippen molar-refractivity contribution in [1.82, 2.24) is 4.98 Å². The topological polar surface area (TPSA) is 51.2 Å². The third kappa shape index (κ3) is 4.19. The molecule has 4 nitrogen and oxygen atoms in total. The number of fused-ring (bicyclic) bond motifs is 1. The third-order valence-corrected chi connectivity index (χ3v) is 4.66. The summed E-state index contributed by atoms with van der Waals surface area (Å²) in [5.41, 5.74) is 0.919. The maximum absolute atomic E-state index is 11.5. The number of hydrogen-bond donors (Lipinski definition) is 1. The van der Waals surface area contributed by atoms with Crippen LogP contribution < -0.4 is 5.32 Å². The van der Waals surface area contributed by atoms with Crippen LogP contribution in [-0.2, 0) is 9.53 Å². The molecule has 108 valence electrons. The van der Waals surface area contributed by atoms with Gasteiger partial charge in [0, 0.05) is 12.0 Å². The highest BCUT2D eigenvalue weighted by atomic mass is 32.2. The molecule has 20 heavy (non-hydrogen) atoms. The minimum absolute atomic E-state index is 0.0496. The van der Waals surface area contributed by atoms with E-state index in [0.29, 0.717) is 5.13 Å². The van der Waals surface area contributed by atoms with Gasteiger partial charge >= 0.3 is 0 Å². The van der Waals surface area contributed by atoms with Gasteiger partial charge in [0.25, 0.3) is 5.91 Å². The molecule has 1 amide bonds. The summed E-state index contributed by atoms with van der Waals surface area (Å²) in [4.78, 5) is 17.1. The van der Waals surface area contributed by atoms with Crippen molar-refractivity contribution in [3.63, 3.8) is 0 Å². The molecule has 0 saturated heterocycles. The molecule has 0 saturated carbocycles. The molecule has 6 heteroatoms. The number of nitrogens with zero attached hydrogens (tertiary/aromatic N) is 1. The number of hydrogen-bond acceptors (Lipinski definition) is 5. The Bertz CT molecular complexity index is 584. The number of rotatable bonds is 7. The van der Waals surface area contributed by atoms with Crippen LogP contribution in [0.1, 0.15) is 19.8 Å². The van der Waals surface area contributed by atoms with Gasteiger partial charge in [0.2, 0.25) is 0 Å². The first kappa shape index (κ1) is 15.3. The molecule has 0 atom stereocenters. The van der Waals surface area contributed by atoms with Crippen LogP contribution in [-0.4, -0.2) is 30.4 Å². The first-order valence-electron chi connectivity index (χ1n) is 6.55. The minimum Gasteiger partial charge on any atom is -0.375 e. The quantitative estimate of drug-likeness (QED) is 0.625. The standard InChI is InChI=1S/C14H18N2O2S2/c1-3-4-7-19-10-5-6-11-12(8-10)20-14(15-11)16-13(17)9-18-2/h5-6,8H,3-4,7,9H2,1-2H3,(H,15,16,17). The first-order chi connectivity index (χ1) is 9.72. The lowest BCUT2D eigenvalue weighted by Crippen LogP contribution is -2.16. The highest BCUT2D eigenvalue weighted by molar-refractivity contribution is 7.99. The largest absolute Gasteiger partial charge is 0.375 e. The molecule has 0 bridgehead atoms. The molecule has 0 spiro atoms.